The molecule has 2 heterocycles. The maximum Gasteiger partial charge on any atom is 0.270 e. The number of benzene rings is 1. The molecular formula is C20H21N5O2S. The van der Waals surface area contributed by atoms with E-state index in [0.29, 0.717) is 22.7 Å². The normalized spacial score (nSPS) is 11.8. The van der Waals surface area contributed by atoms with E-state index in [4.69, 9.17) is 0 Å². The van der Waals surface area contributed by atoms with Gasteiger partial charge in [-0.15, -0.1) is 11.3 Å². The van der Waals surface area contributed by atoms with Crippen LogP contribution in [0, 0.1) is 0 Å². The summed E-state index contributed by atoms with van der Waals surface area (Å²) in [5.41, 5.74) is 1.78. The van der Waals surface area contributed by atoms with Crippen molar-refractivity contribution in [1.82, 2.24) is 25.6 Å². The number of carbonyl (C=O) groups excluding carboxylic acids is 2. The van der Waals surface area contributed by atoms with E-state index in [1.165, 1.54) is 30.1 Å². The van der Waals surface area contributed by atoms with Crippen molar-refractivity contribution in [2.75, 3.05) is 0 Å². The summed E-state index contributed by atoms with van der Waals surface area (Å²) in [4.78, 5) is 37.1. The fourth-order valence-electron chi connectivity index (χ4n) is 2.60. The van der Waals surface area contributed by atoms with Crippen LogP contribution in [0.3, 0.4) is 0 Å². The molecule has 2 aromatic heterocycles. The number of amides is 2. The van der Waals surface area contributed by atoms with Gasteiger partial charge in [0.1, 0.15) is 17.0 Å². The van der Waals surface area contributed by atoms with Crippen LogP contribution in [0.15, 0.2) is 54.4 Å². The molecule has 1 aromatic carbocycles. The van der Waals surface area contributed by atoms with Crippen LogP contribution < -0.4 is 10.6 Å². The standard InChI is InChI=1S/C20H21N5O2S/c1-13(2)23-19(27)17-11-28-20(25-17)16(8-14-6-4-3-5-7-14)24-18(26)15-9-21-12-22-10-15/h3-7,9-13,16H,8H2,1-2H3,(H,23,27)(H,24,26)/t16-/m0/s1. The van der Waals surface area contributed by atoms with Gasteiger partial charge in [-0.3, -0.25) is 9.59 Å². The molecule has 0 fully saturated rings. The summed E-state index contributed by atoms with van der Waals surface area (Å²) >= 11 is 1.35. The van der Waals surface area contributed by atoms with E-state index in [9.17, 15) is 9.59 Å². The number of carbonyl (C=O) groups is 2. The van der Waals surface area contributed by atoms with Crippen molar-refractivity contribution in [2.24, 2.45) is 0 Å². The molecule has 0 bridgehead atoms. The maximum atomic E-state index is 12.6. The Balaban J connectivity index is 1.83. The van der Waals surface area contributed by atoms with Crippen LogP contribution in [-0.4, -0.2) is 32.8 Å². The molecule has 3 rings (SSSR count). The number of thiazole rings is 1. The van der Waals surface area contributed by atoms with Gasteiger partial charge < -0.3 is 10.6 Å². The molecule has 144 valence electrons. The first-order valence-corrected chi connectivity index (χ1v) is 9.77. The minimum Gasteiger partial charge on any atom is -0.349 e. The zero-order valence-electron chi connectivity index (χ0n) is 15.6. The third-order valence-corrected chi connectivity index (χ3v) is 4.84. The second kappa shape index (κ2) is 9.18. The Kier molecular flexibility index (Phi) is 6.44. The quantitative estimate of drug-likeness (QED) is 0.641. The van der Waals surface area contributed by atoms with Crippen LogP contribution >= 0.6 is 11.3 Å². The van der Waals surface area contributed by atoms with Crippen molar-refractivity contribution in [3.63, 3.8) is 0 Å². The average Bonchev–Trinajstić information content (AvgIpc) is 3.19. The molecule has 0 aliphatic carbocycles. The largest absolute Gasteiger partial charge is 0.349 e. The van der Waals surface area contributed by atoms with Crippen LogP contribution in [-0.2, 0) is 6.42 Å². The van der Waals surface area contributed by atoms with E-state index >= 15 is 0 Å². The summed E-state index contributed by atoms with van der Waals surface area (Å²) in [6.45, 7) is 3.79. The lowest BCUT2D eigenvalue weighted by molar-refractivity contribution is 0.0932. The molecule has 1 atom stereocenters. The van der Waals surface area contributed by atoms with Gasteiger partial charge in [0, 0.05) is 23.8 Å². The maximum absolute atomic E-state index is 12.6. The number of hydrogen-bond donors (Lipinski definition) is 2. The number of rotatable bonds is 7. The van der Waals surface area contributed by atoms with E-state index in [-0.39, 0.29) is 23.9 Å². The molecule has 0 aliphatic rings. The summed E-state index contributed by atoms with van der Waals surface area (Å²) < 4.78 is 0. The van der Waals surface area contributed by atoms with Crippen LogP contribution in [0.4, 0.5) is 0 Å². The summed E-state index contributed by atoms with van der Waals surface area (Å²) in [5, 5.41) is 8.20. The van der Waals surface area contributed by atoms with E-state index in [1.54, 1.807) is 5.38 Å². The Hall–Kier alpha value is -3.13. The lowest BCUT2D eigenvalue weighted by Gasteiger charge is -2.16. The smallest absolute Gasteiger partial charge is 0.270 e. The fourth-order valence-corrected chi connectivity index (χ4v) is 3.45. The molecule has 0 spiro atoms. The van der Waals surface area contributed by atoms with Crippen LogP contribution in [0.2, 0.25) is 0 Å². The van der Waals surface area contributed by atoms with Crippen molar-refractivity contribution >= 4 is 23.2 Å². The van der Waals surface area contributed by atoms with Crippen molar-refractivity contribution in [3.05, 3.63) is 76.3 Å². The van der Waals surface area contributed by atoms with Gasteiger partial charge in [-0.1, -0.05) is 30.3 Å². The van der Waals surface area contributed by atoms with Crippen molar-refractivity contribution in [1.29, 1.82) is 0 Å². The molecule has 0 radical (unpaired) electrons. The number of hydrogen-bond acceptors (Lipinski definition) is 6. The highest BCUT2D eigenvalue weighted by molar-refractivity contribution is 7.09. The van der Waals surface area contributed by atoms with E-state index in [0.717, 1.165) is 5.56 Å². The number of nitrogens with one attached hydrogen (secondary N) is 2. The molecule has 8 heteroatoms. The molecule has 3 aromatic rings. The van der Waals surface area contributed by atoms with Crippen molar-refractivity contribution in [3.8, 4) is 0 Å². The Morgan fingerprint density at radius 3 is 2.43 bits per heavy atom. The molecule has 28 heavy (non-hydrogen) atoms. The van der Waals surface area contributed by atoms with Crippen LogP contribution in [0.5, 0.6) is 0 Å². The van der Waals surface area contributed by atoms with Gasteiger partial charge in [0.15, 0.2) is 0 Å². The Morgan fingerprint density at radius 2 is 1.75 bits per heavy atom. The third kappa shape index (κ3) is 5.20. The Morgan fingerprint density at radius 1 is 1.04 bits per heavy atom. The fraction of sp³-hybridized carbons (Fsp3) is 0.250. The predicted octanol–water partition coefficient (Wildman–Crippen LogP) is 2.79. The zero-order chi connectivity index (χ0) is 19.9. The molecule has 0 aliphatic heterocycles. The van der Waals surface area contributed by atoms with Gasteiger partial charge >= 0.3 is 0 Å². The van der Waals surface area contributed by atoms with Crippen molar-refractivity contribution in [2.45, 2.75) is 32.4 Å². The first kappa shape index (κ1) is 19.6. The Bertz CT molecular complexity index is 928. The van der Waals surface area contributed by atoms with Gasteiger partial charge in [-0.25, -0.2) is 15.0 Å². The molecule has 0 saturated carbocycles. The highest BCUT2D eigenvalue weighted by Gasteiger charge is 2.22. The summed E-state index contributed by atoms with van der Waals surface area (Å²) in [5.74, 6) is -0.510. The van der Waals surface area contributed by atoms with Gasteiger partial charge in [0.2, 0.25) is 0 Å². The minimum absolute atomic E-state index is 0.0237. The zero-order valence-corrected chi connectivity index (χ0v) is 16.4. The molecule has 0 saturated heterocycles. The average molecular weight is 395 g/mol. The van der Waals surface area contributed by atoms with Crippen LogP contribution in [0.1, 0.15) is 51.3 Å². The van der Waals surface area contributed by atoms with Gasteiger partial charge in [0.05, 0.1) is 11.6 Å². The molecule has 2 amide bonds. The molecular weight excluding hydrogens is 374 g/mol. The van der Waals surface area contributed by atoms with Gasteiger partial charge in [-0.05, 0) is 25.8 Å². The lowest BCUT2D eigenvalue weighted by atomic mass is 10.1. The predicted molar refractivity (Wildman–Crippen MR) is 107 cm³/mol. The monoisotopic (exact) mass is 395 g/mol. The first-order valence-electron chi connectivity index (χ1n) is 8.89. The third-order valence-electron chi connectivity index (χ3n) is 3.88. The van der Waals surface area contributed by atoms with Crippen LogP contribution in [0.25, 0.3) is 0 Å². The van der Waals surface area contributed by atoms with E-state index < -0.39 is 0 Å². The lowest BCUT2D eigenvalue weighted by Crippen LogP contribution is -2.31. The van der Waals surface area contributed by atoms with Gasteiger partial charge in [0.25, 0.3) is 11.8 Å². The highest BCUT2D eigenvalue weighted by Crippen LogP contribution is 2.23. The SMILES string of the molecule is CC(C)NC(=O)c1csc([C@H](Cc2ccccc2)NC(=O)c2cncnc2)n1. The minimum atomic E-state index is -0.374. The summed E-state index contributed by atoms with van der Waals surface area (Å²) in [6.07, 6.45) is 4.86. The Labute approximate surface area is 167 Å². The summed E-state index contributed by atoms with van der Waals surface area (Å²) in [6, 6.07) is 9.47. The number of aromatic nitrogens is 3. The van der Waals surface area contributed by atoms with Gasteiger partial charge in [-0.2, -0.15) is 0 Å². The molecule has 2 N–H and O–H groups in total. The molecule has 0 unspecified atom stereocenters. The number of nitrogens with zero attached hydrogens (tertiary/aromatic N) is 3. The first-order chi connectivity index (χ1) is 13.5. The van der Waals surface area contributed by atoms with E-state index in [1.807, 2.05) is 44.2 Å². The topological polar surface area (TPSA) is 96.9 Å². The second-order valence-corrected chi connectivity index (χ2v) is 7.43. The second-order valence-electron chi connectivity index (χ2n) is 6.54. The van der Waals surface area contributed by atoms with E-state index in [2.05, 4.69) is 25.6 Å². The van der Waals surface area contributed by atoms with Crippen molar-refractivity contribution < 1.29 is 9.59 Å². The highest BCUT2D eigenvalue weighted by atomic mass is 32.1. The molecule has 7 nitrogen and oxygen atoms in total. The summed E-state index contributed by atoms with van der Waals surface area (Å²) in [7, 11) is 0.